The Bertz CT molecular complexity index is 1140. The van der Waals surface area contributed by atoms with Crippen LogP contribution in [0.15, 0.2) is 46.0 Å². The van der Waals surface area contributed by atoms with Crippen molar-refractivity contribution >= 4 is 45.3 Å². The first-order chi connectivity index (χ1) is 13.1. The normalized spacial score (nSPS) is 12.4. The lowest BCUT2D eigenvalue weighted by Crippen LogP contribution is -2.23. The Balaban J connectivity index is 1.63. The summed E-state index contributed by atoms with van der Waals surface area (Å²) in [6.07, 6.45) is 0. The Morgan fingerprint density at radius 2 is 2.07 bits per heavy atom. The van der Waals surface area contributed by atoms with Gasteiger partial charge >= 0.3 is 0 Å². The summed E-state index contributed by atoms with van der Waals surface area (Å²) in [5.74, 6) is 0.386. The Kier molecular flexibility index (Phi) is 4.44. The van der Waals surface area contributed by atoms with Crippen molar-refractivity contribution in [2.45, 2.75) is 17.3 Å². The first kappa shape index (κ1) is 17.3. The Hall–Kier alpha value is -3.07. The molecule has 0 aliphatic heterocycles. The molecule has 0 unspecified atom stereocenters. The maximum Gasteiger partial charge on any atom is 0.237 e. The highest BCUT2D eigenvalue weighted by molar-refractivity contribution is 8.00. The maximum atomic E-state index is 12.6. The van der Waals surface area contributed by atoms with Crippen LogP contribution in [0.5, 0.6) is 5.75 Å². The van der Waals surface area contributed by atoms with Crippen LogP contribution >= 0.6 is 11.8 Å². The van der Waals surface area contributed by atoms with Gasteiger partial charge < -0.3 is 14.5 Å². The highest BCUT2D eigenvalue weighted by Crippen LogP contribution is 2.36. The van der Waals surface area contributed by atoms with E-state index in [4.69, 9.17) is 9.15 Å². The van der Waals surface area contributed by atoms with E-state index in [-0.39, 0.29) is 5.91 Å². The third-order valence-corrected chi connectivity index (χ3v) is 5.31. The highest BCUT2D eigenvalue weighted by atomic mass is 32.2. The van der Waals surface area contributed by atoms with Crippen LogP contribution in [0.4, 0.5) is 5.69 Å². The van der Waals surface area contributed by atoms with Crippen molar-refractivity contribution in [3.05, 3.63) is 36.4 Å². The minimum absolute atomic E-state index is 0.184. The van der Waals surface area contributed by atoms with E-state index in [0.717, 1.165) is 16.4 Å². The molecular weight excluding hydrogens is 366 g/mol. The van der Waals surface area contributed by atoms with Crippen molar-refractivity contribution in [2.24, 2.45) is 7.05 Å². The van der Waals surface area contributed by atoms with Gasteiger partial charge in [0.15, 0.2) is 0 Å². The number of ether oxygens (including phenoxy) is 1. The highest BCUT2D eigenvalue weighted by Gasteiger charge is 2.20. The van der Waals surface area contributed by atoms with Gasteiger partial charge in [0.25, 0.3) is 0 Å². The molecule has 8 nitrogen and oxygen atoms in total. The number of thioether (sulfide) groups is 1. The van der Waals surface area contributed by atoms with Crippen molar-refractivity contribution in [2.75, 3.05) is 12.4 Å². The lowest BCUT2D eigenvalue weighted by Gasteiger charge is -2.13. The van der Waals surface area contributed by atoms with Gasteiger partial charge in [-0.25, -0.2) is 4.68 Å². The molecule has 1 atom stereocenters. The number of carbonyl (C=O) groups is 1. The van der Waals surface area contributed by atoms with Crippen molar-refractivity contribution in [3.63, 3.8) is 0 Å². The van der Waals surface area contributed by atoms with Crippen LogP contribution in [0.25, 0.3) is 21.9 Å². The summed E-state index contributed by atoms with van der Waals surface area (Å²) < 4.78 is 12.9. The van der Waals surface area contributed by atoms with Gasteiger partial charge in [-0.3, -0.25) is 4.79 Å². The summed E-state index contributed by atoms with van der Waals surface area (Å²) in [6.45, 7) is 1.79. The van der Waals surface area contributed by atoms with E-state index in [0.29, 0.717) is 22.2 Å². The number of tetrazole rings is 1. The number of nitrogens with zero attached hydrogens (tertiary/aromatic N) is 4. The summed E-state index contributed by atoms with van der Waals surface area (Å²) in [5.41, 5.74) is 2.03. The standard InChI is InChI=1S/C18H17N5O3S/c1-10(27-18-20-21-22-23(18)2)17(24)19-13-9-15-12(8-16(13)25-3)11-6-4-5-7-14(11)26-15/h4-10H,1-3H3,(H,19,24)/t10-/m1/s1. The number of aryl methyl sites for hydroxylation is 1. The molecule has 0 aliphatic carbocycles. The number of amides is 1. The fourth-order valence-corrected chi connectivity index (χ4v) is 3.54. The third kappa shape index (κ3) is 3.21. The van der Waals surface area contributed by atoms with Gasteiger partial charge in [0.1, 0.15) is 16.9 Å². The van der Waals surface area contributed by atoms with Crippen LogP contribution < -0.4 is 10.1 Å². The van der Waals surface area contributed by atoms with Crippen molar-refractivity contribution in [3.8, 4) is 5.75 Å². The predicted molar refractivity (Wildman–Crippen MR) is 103 cm³/mol. The molecule has 0 saturated heterocycles. The molecule has 0 spiro atoms. The summed E-state index contributed by atoms with van der Waals surface area (Å²) in [6, 6.07) is 11.4. The van der Waals surface area contributed by atoms with Crippen LogP contribution in [0, 0.1) is 0 Å². The first-order valence-electron chi connectivity index (χ1n) is 8.26. The zero-order valence-corrected chi connectivity index (χ0v) is 15.8. The number of nitrogens with one attached hydrogen (secondary N) is 1. The number of aromatic nitrogens is 4. The fraction of sp³-hybridized carbons (Fsp3) is 0.222. The van der Waals surface area contributed by atoms with E-state index >= 15 is 0 Å². The summed E-state index contributed by atoms with van der Waals surface area (Å²) >= 11 is 1.28. The second kappa shape index (κ2) is 6.92. The minimum atomic E-state index is -0.397. The summed E-state index contributed by atoms with van der Waals surface area (Å²) in [4.78, 5) is 12.6. The van der Waals surface area contributed by atoms with Gasteiger partial charge in [-0.15, -0.1) is 5.10 Å². The number of furan rings is 1. The van der Waals surface area contributed by atoms with Crippen LogP contribution in [-0.2, 0) is 11.8 Å². The monoisotopic (exact) mass is 383 g/mol. The Labute approximate surface area is 158 Å². The molecular formula is C18H17N5O3S. The summed E-state index contributed by atoms with van der Waals surface area (Å²) in [7, 11) is 3.30. The smallest absolute Gasteiger partial charge is 0.237 e. The van der Waals surface area contributed by atoms with E-state index in [2.05, 4.69) is 20.8 Å². The summed E-state index contributed by atoms with van der Waals surface area (Å²) in [5, 5.41) is 16.3. The molecule has 0 fully saturated rings. The number of methoxy groups -OCH3 is 1. The molecule has 0 aliphatic rings. The SMILES string of the molecule is COc1cc2c(cc1NC(=O)[C@@H](C)Sc1nnnn1C)oc1ccccc12. The van der Waals surface area contributed by atoms with Crippen LogP contribution in [0.2, 0.25) is 0 Å². The molecule has 27 heavy (non-hydrogen) atoms. The van der Waals surface area contributed by atoms with Crippen molar-refractivity contribution < 1.29 is 13.9 Å². The zero-order valence-electron chi connectivity index (χ0n) is 15.0. The molecule has 9 heteroatoms. The van der Waals surface area contributed by atoms with Crippen LogP contribution in [-0.4, -0.2) is 38.5 Å². The van der Waals surface area contributed by atoms with Crippen molar-refractivity contribution in [1.29, 1.82) is 0 Å². The van der Waals surface area contributed by atoms with Gasteiger partial charge in [-0.05, 0) is 29.5 Å². The zero-order chi connectivity index (χ0) is 19.0. The molecule has 2 aromatic carbocycles. The molecule has 1 amide bonds. The number of rotatable bonds is 5. The van der Waals surface area contributed by atoms with E-state index in [1.807, 2.05) is 30.3 Å². The second-order valence-corrected chi connectivity index (χ2v) is 7.29. The number of anilines is 1. The average molecular weight is 383 g/mol. The van der Waals surface area contributed by atoms with E-state index < -0.39 is 5.25 Å². The third-order valence-electron chi connectivity index (χ3n) is 4.19. The van der Waals surface area contributed by atoms with Crippen LogP contribution in [0.3, 0.4) is 0 Å². The molecule has 0 bridgehead atoms. The number of benzene rings is 2. The molecule has 0 radical (unpaired) electrons. The maximum absolute atomic E-state index is 12.6. The Morgan fingerprint density at radius 1 is 1.26 bits per heavy atom. The van der Waals surface area contributed by atoms with E-state index in [9.17, 15) is 4.79 Å². The van der Waals surface area contributed by atoms with Gasteiger partial charge in [-0.2, -0.15) is 0 Å². The minimum Gasteiger partial charge on any atom is -0.495 e. The molecule has 1 N–H and O–H groups in total. The molecule has 4 rings (SSSR count). The van der Waals surface area contributed by atoms with Crippen LogP contribution in [0.1, 0.15) is 6.92 Å². The average Bonchev–Trinajstić information content (AvgIpc) is 3.23. The Morgan fingerprint density at radius 3 is 2.81 bits per heavy atom. The van der Waals surface area contributed by atoms with E-state index in [1.54, 1.807) is 27.1 Å². The molecule has 0 saturated carbocycles. The first-order valence-corrected chi connectivity index (χ1v) is 9.14. The largest absolute Gasteiger partial charge is 0.495 e. The molecule has 2 heterocycles. The lowest BCUT2D eigenvalue weighted by atomic mass is 10.1. The molecule has 2 aromatic heterocycles. The number of carbonyl (C=O) groups excluding carboxylic acids is 1. The van der Waals surface area contributed by atoms with Gasteiger partial charge in [0, 0.05) is 23.9 Å². The number of fused-ring (bicyclic) bond motifs is 3. The topological polar surface area (TPSA) is 95.1 Å². The quantitative estimate of drug-likeness (QED) is 0.529. The lowest BCUT2D eigenvalue weighted by molar-refractivity contribution is -0.115. The second-order valence-electron chi connectivity index (χ2n) is 5.98. The number of hydrogen-bond donors (Lipinski definition) is 1. The van der Waals surface area contributed by atoms with Crippen molar-refractivity contribution in [1.82, 2.24) is 20.2 Å². The van der Waals surface area contributed by atoms with Gasteiger partial charge in [0.2, 0.25) is 11.1 Å². The number of hydrogen-bond acceptors (Lipinski definition) is 7. The van der Waals surface area contributed by atoms with E-state index in [1.165, 1.54) is 16.4 Å². The molecule has 138 valence electrons. The predicted octanol–water partition coefficient (Wildman–Crippen LogP) is 3.24. The number of para-hydroxylation sites is 1. The van der Waals surface area contributed by atoms with Gasteiger partial charge in [-0.1, -0.05) is 30.0 Å². The fourth-order valence-electron chi connectivity index (χ4n) is 2.79. The molecule has 4 aromatic rings. The van der Waals surface area contributed by atoms with Gasteiger partial charge in [0.05, 0.1) is 18.0 Å².